The van der Waals surface area contributed by atoms with E-state index in [1.54, 1.807) is 0 Å². The first-order chi connectivity index (χ1) is 15.2. The molecule has 0 aliphatic carbocycles. The highest BCUT2D eigenvalue weighted by molar-refractivity contribution is 5.72. The maximum absolute atomic E-state index is 12.4. The highest BCUT2D eigenvalue weighted by atomic mass is 16.5. The van der Waals surface area contributed by atoms with Crippen LogP contribution < -0.4 is 0 Å². The lowest BCUT2D eigenvalue weighted by molar-refractivity contribution is -0.150. The first-order valence-electron chi connectivity index (χ1n) is 13.6. The molecule has 0 fully saturated rings. The molecule has 0 rings (SSSR count). The number of esters is 1. The SMILES string of the molecule is CCCCCCCCCCCCCCC(CC(O)CO)C(=O)OCCCCCCCC. The van der Waals surface area contributed by atoms with Crippen LogP contribution in [-0.4, -0.2) is 35.5 Å². The van der Waals surface area contributed by atoms with Crippen molar-refractivity contribution >= 4 is 5.97 Å². The zero-order valence-corrected chi connectivity index (χ0v) is 20.9. The molecule has 2 atom stereocenters. The fourth-order valence-electron chi connectivity index (χ4n) is 4.14. The third kappa shape index (κ3) is 21.0. The number of hydrogen-bond donors (Lipinski definition) is 2. The van der Waals surface area contributed by atoms with Crippen LogP contribution in [0.1, 0.15) is 142 Å². The van der Waals surface area contributed by atoms with Gasteiger partial charge in [-0.1, -0.05) is 123 Å². The Morgan fingerprint density at radius 2 is 1.10 bits per heavy atom. The van der Waals surface area contributed by atoms with Crippen LogP contribution in [-0.2, 0) is 9.53 Å². The average molecular weight is 443 g/mol. The van der Waals surface area contributed by atoms with E-state index in [0.29, 0.717) is 13.0 Å². The first-order valence-corrected chi connectivity index (χ1v) is 13.6. The van der Waals surface area contributed by atoms with E-state index in [-0.39, 0.29) is 18.5 Å². The van der Waals surface area contributed by atoms with E-state index in [1.165, 1.54) is 89.9 Å². The molecule has 2 unspecified atom stereocenters. The first kappa shape index (κ1) is 30.4. The van der Waals surface area contributed by atoms with Crippen molar-refractivity contribution in [2.75, 3.05) is 13.2 Å². The Hall–Kier alpha value is -0.610. The maximum Gasteiger partial charge on any atom is 0.309 e. The van der Waals surface area contributed by atoms with Gasteiger partial charge in [-0.15, -0.1) is 0 Å². The van der Waals surface area contributed by atoms with E-state index in [4.69, 9.17) is 9.84 Å². The molecule has 0 spiro atoms. The van der Waals surface area contributed by atoms with Crippen LogP contribution in [0.5, 0.6) is 0 Å². The van der Waals surface area contributed by atoms with Crippen molar-refractivity contribution in [2.24, 2.45) is 5.92 Å². The lowest BCUT2D eigenvalue weighted by Crippen LogP contribution is -2.25. The Bertz CT molecular complexity index is 372. The van der Waals surface area contributed by atoms with Gasteiger partial charge in [-0.3, -0.25) is 4.79 Å². The molecule has 4 nitrogen and oxygen atoms in total. The quantitative estimate of drug-likeness (QED) is 0.121. The van der Waals surface area contributed by atoms with E-state index in [0.717, 1.165) is 32.1 Å². The summed E-state index contributed by atoms with van der Waals surface area (Å²) >= 11 is 0. The van der Waals surface area contributed by atoms with Gasteiger partial charge in [0.25, 0.3) is 0 Å². The number of hydrogen-bond acceptors (Lipinski definition) is 4. The molecule has 0 aliphatic heterocycles. The lowest BCUT2D eigenvalue weighted by Gasteiger charge is -2.18. The van der Waals surface area contributed by atoms with Gasteiger partial charge < -0.3 is 14.9 Å². The van der Waals surface area contributed by atoms with Gasteiger partial charge in [-0.05, 0) is 19.3 Å². The van der Waals surface area contributed by atoms with Crippen molar-refractivity contribution in [1.82, 2.24) is 0 Å². The van der Waals surface area contributed by atoms with Crippen LogP contribution in [0.4, 0.5) is 0 Å². The number of ether oxygens (including phenoxy) is 1. The highest BCUT2D eigenvalue weighted by Crippen LogP contribution is 2.20. The standard InChI is InChI=1S/C27H54O4/c1-3-5-7-9-11-12-13-14-15-16-17-19-21-25(23-26(29)24-28)27(30)31-22-20-18-10-8-6-4-2/h25-26,28-29H,3-24H2,1-2H3. The number of unbranched alkanes of at least 4 members (excludes halogenated alkanes) is 16. The number of rotatable bonds is 24. The summed E-state index contributed by atoms with van der Waals surface area (Å²) in [4.78, 5) is 12.4. The number of carbonyl (C=O) groups is 1. The summed E-state index contributed by atoms with van der Waals surface area (Å²) in [6.45, 7) is 4.66. The van der Waals surface area contributed by atoms with Gasteiger partial charge in [0.1, 0.15) is 0 Å². The molecular formula is C27H54O4. The molecule has 186 valence electrons. The van der Waals surface area contributed by atoms with Gasteiger partial charge in [0.2, 0.25) is 0 Å². The van der Waals surface area contributed by atoms with Crippen molar-refractivity contribution in [3.8, 4) is 0 Å². The van der Waals surface area contributed by atoms with Crippen LogP contribution in [0, 0.1) is 5.92 Å². The molecule has 0 amide bonds. The Labute approximate surface area is 193 Å². The summed E-state index contributed by atoms with van der Waals surface area (Å²) in [5, 5.41) is 19.0. The molecule has 0 heterocycles. The van der Waals surface area contributed by atoms with E-state index < -0.39 is 6.10 Å². The second-order valence-electron chi connectivity index (χ2n) is 9.38. The van der Waals surface area contributed by atoms with Gasteiger partial charge in [0.15, 0.2) is 0 Å². The normalized spacial score (nSPS) is 13.3. The lowest BCUT2D eigenvalue weighted by atomic mass is 9.94. The smallest absolute Gasteiger partial charge is 0.309 e. The van der Waals surface area contributed by atoms with Crippen molar-refractivity contribution in [3.05, 3.63) is 0 Å². The van der Waals surface area contributed by atoms with Gasteiger partial charge in [-0.2, -0.15) is 0 Å². The van der Waals surface area contributed by atoms with Gasteiger partial charge in [0.05, 0.1) is 25.2 Å². The zero-order chi connectivity index (χ0) is 23.0. The van der Waals surface area contributed by atoms with Gasteiger partial charge >= 0.3 is 5.97 Å². The average Bonchev–Trinajstić information content (AvgIpc) is 2.78. The Morgan fingerprint density at radius 3 is 1.55 bits per heavy atom. The summed E-state index contributed by atoms with van der Waals surface area (Å²) in [7, 11) is 0. The monoisotopic (exact) mass is 442 g/mol. The summed E-state index contributed by atoms with van der Waals surface area (Å²) in [5.74, 6) is -0.477. The highest BCUT2D eigenvalue weighted by Gasteiger charge is 2.22. The molecule has 0 aromatic carbocycles. The fraction of sp³-hybridized carbons (Fsp3) is 0.963. The third-order valence-electron chi connectivity index (χ3n) is 6.25. The topological polar surface area (TPSA) is 66.8 Å². The van der Waals surface area contributed by atoms with Crippen LogP contribution in [0.3, 0.4) is 0 Å². The molecule has 0 saturated carbocycles. The second-order valence-corrected chi connectivity index (χ2v) is 9.38. The molecular weight excluding hydrogens is 388 g/mol. The zero-order valence-electron chi connectivity index (χ0n) is 20.9. The molecule has 0 aromatic heterocycles. The van der Waals surface area contributed by atoms with E-state index >= 15 is 0 Å². The van der Waals surface area contributed by atoms with E-state index in [2.05, 4.69) is 13.8 Å². The maximum atomic E-state index is 12.4. The molecule has 0 saturated heterocycles. The molecule has 4 heteroatoms. The van der Waals surface area contributed by atoms with Crippen molar-refractivity contribution in [1.29, 1.82) is 0 Å². The number of aliphatic hydroxyl groups excluding tert-OH is 2. The van der Waals surface area contributed by atoms with Crippen LogP contribution in [0.15, 0.2) is 0 Å². The third-order valence-corrected chi connectivity index (χ3v) is 6.25. The molecule has 0 aliphatic rings. The van der Waals surface area contributed by atoms with Gasteiger partial charge in [0, 0.05) is 0 Å². The molecule has 0 radical (unpaired) electrons. The van der Waals surface area contributed by atoms with Crippen molar-refractivity contribution in [3.63, 3.8) is 0 Å². The minimum absolute atomic E-state index is 0.191. The predicted molar refractivity (Wildman–Crippen MR) is 131 cm³/mol. The number of aliphatic hydroxyl groups is 2. The van der Waals surface area contributed by atoms with Crippen molar-refractivity contribution < 1.29 is 19.7 Å². The molecule has 2 N–H and O–H groups in total. The predicted octanol–water partition coefficient (Wildman–Crippen LogP) is 7.34. The van der Waals surface area contributed by atoms with Crippen LogP contribution in [0.2, 0.25) is 0 Å². The molecule has 31 heavy (non-hydrogen) atoms. The minimum Gasteiger partial charge on any atom is -0.465 e. The van der Waals surface area contributed by atoms with E-state index in [9.17, 15) is 9.90 Å². The summed E-state index contributed by atoms with van der Waals surface area (Å²) in [6.07, 6.45) is 22.8. The number of carbonyl (C=O) groups excluding carboxylic acids is 1. The molecule has 0 bridgehead atoms. The molecule has 0 aromatic rings. The summed E-state index contributed by atoms with van der Waals surface area (Å²) in [5.41, 5.74) is 0. The Morgan fingerprint density at radius 1 is 0.677 bits per heavy atom. The Balaban J connectivity index is 3.83. The van der Waals surface area contributed by atoms with Crippen LogP contribution in [0.25, 0.3) is 0 Å². The Kier molecular flexibility index (Phi) is 23.6. The van der Waals surface area contributed by atoms with E-state index in [1.807, 2.05) is 0 Å². The minimum atomic E-state index is -0.830. The van der Waals surface area contributed by atoms with Crippen molar-refractivity contribution in [2.45, 2.75) is 148 Å². The summed E-state index contributed by atoms with van der Waals surface area (Å²) in [6, 6.07) is 0. The van der Waals surface area contributed by atoms with Crippen LogP contribution >= 0.6 is 0 Å². The van der Waals surface area contributed by atoms with Gasteiger partial charge in [-0.25, -0.2) is 0 Å². The largest absolute Gasteiger partial charge is 0.465 e. The second kappa shape index (κ2) is 24.0. The summed E-state index contributed by atoms with van der Waals surface area (Å²) < 4.78 is 5.48. The fourth-order valence-corrected chi connectivity index (χ4v) is 4.14.